The number of morpholine rings is 1. The van der Waals surface area contributed by atoms with Crippen LogP contribution in [-0.2, 0) is 28.7 Å². The first-order chi connectivity index (χ1) is 17.7. The quantitative estimate of drug-likeness (QED) is 0.423. The number of hydrogen-bond acceptors (Lipinski definition) is 6. The Morgan fingerprint density at radius 1 is 1.16 bits per heavy atom. The second-order valence-corrected chi connectivity index (χ2v) is 8.60. The Bertz CT molecular complexity index is 1520. The number of aromatic amines is 1. The molecule has 1 N–H and O–H groups in total. The molecular formula is C25H24F3N5O4. The number of carbonyl (C=O) groups excluding carboxylic acids is 1. The number of nitrogens with one attached hydrogen (secondary N) is 1. The molecule has 0 atom stereocenters. The highest BCUT2D eigenvalue weighted by atomic mass is 19.4. The molecule has 0 radical (unpaired) electrons. The maximum Gasteiger partial charge on any atom is 0.420 e. The average Bonchev–Trinajstić information content (AvgIpc) is 3.28. The van der Waals surface area contributed by atoms with Crippen LogP contribution in [-0.4, -0.2) is 63.5 Å². The van der Waals surface area contributed by atoms with Crippen molar-refractivity contribution in [1.82, 2.24) is 24.6 Å². The summed E-state index contributed by atoms with van der Waals surface area (Å²) in [6.07, 6.45) is -4.49. The normalized spacial score (nSPS) is 14.4. The number of fused-ring (bicyclic) bond motifs is 2. The van der Waals surface area contributed by atoms with Gasteiger partial charge in [-0.15, -0.1) is 0 Å². The molecule has 0 bridgehead atoms. The molecule has 9 nitrogen and oxygen atoms in total. The molecule has 0 unspecified atom stereocenters. The number of ether oxygens (including phenoxy) is 2. The van der Waals surface area contributed by atoms with E-state index in [4.69, 9.17) is 9.47 Å². The third kappa shape index (κ3) is 5.01. The van der Waals surface area contributed by atoms with Crippen LogP contribution in [0.25, 0.3) is 21.8 Å². The van der Waals surface area contributed by atoms with Crippen molar-refractivity contribution in [2.75, 3.05) is 32.9 Å². The Morgan fingerprint density at radius 2 is 1.89 bits per heavy atom. The lowest BCUT2D eigenvalue weighted by Crippen LogP contribution is -2.43. The van der Waals surface area contributed by atoms with Gasteiger partial charge in [-0.05, 0) is 19.1 Å². The Labute approximate surface area is 208 Å². The number of hydrogen-bond donors (Lipinski definition) is 1. The predicted octanol–water partition coefficient (Wildman–Crippen LogP) is 3.14. The molecule has 0 spiro atoms. The molecule has 37 heavy (non-hydrogen) atoms. The zero-order chi connectivity index (χ0) is 26.2. The summed E-state index contributed by atoms with van der Waals surface area (Å²) in [5, 5.41) is 5.43. The van der Waals surface area contributed by atoms with Crippen LogP contribution in [0.3, 0.4) is 0 Å². The molecule has 1 aliphatic heterocycles. The molecule has 0 aliphatic carbocycles. The number of amides is 1. The number of rotatable bonds is 6. The van der Waals surface area contributed by atoms with E-state index in [1.165, 1.54) is 6.07 Å². The standard InChI is InChI=1S/C25H24F3N5O4/c1-2-37-21-12-20-19(11-17(21)25(26,27)28)29-22(30-20)13-18-15-5-3-4-6-16(15)24(35)33(31-18)14-23(34)32-7-9-36-10-8-32/h3-6,11-12H,2,7-10,13-14H2,1H3,(H,29,30). The molecular weight excluding hydrogens is 491 g/mol. The fraction of sp³-hybridized carbons (Fsp3) is 0.360. The summed E-state index contributed by atoms with van der Waals surface area (Å²) in [5.41, 5.74) is -0.319. The number of aromatic nitrogens is 4. The van der Waals surface area contributed by atoms with Gasteiger partial charge in [0.05, 0.1) is 53.9 Å². The predicted molar refractivity (Wildman–Crippen MR) is 128 cm³/mol. The van der Waals surface area contributed by atoms with Crippen molar-refractivity contribution in [3.8, 4) is 5.75 Å². The van der Waals surface area contributed by atoms with Crippen LogP contribution < -0.4 is 10.3 Å². The van der Waals surface area contributed by atoms with Crippen LogP contribution in [0.1, 0.15) is 24.0 Å². The van der Waals surface area contributed by atoms with Gasteiger partial charge in [0.2, 0.25) is 5.91 Å². The van der Waals surface area contributed by atoms with Crippen LogP contribution >= 0.6 is 0 Å². The van der Waals surface area contributed by atoms with Crippen LogP contribution in [0, 0.1) is 0 Å². The Balaban J connectivity index is 1.52. The summed E-state index contributed by atoms with van der Waals surface area (Å²) in [7, 11) is 0. The number of H-pyrrole nitrogens is 1. The van der Waals surface area contributed by atoms with Gasteiger partial charge in [-0.3, -0.25) is 9.59 Å². The largest absolute Gasteiger partial charge is 0.493 e. The van der Waals surface area contributed by atoms with E-state index in [1.807, 2.05) is 0 Å². The summed E-state index contributed by atoms with van der Waals surface area (Å²) in [6.45, 7) is 3.20. The molecule has 12 heteroatoms. The first-order valence-electron chi connectivity index (χ1n) is 11.8. The molecule has 5 rings (SSSR count). The highest BCUT2D eigenvalue weighted by Crippen LogP contribution is 2.38. The summed E-state index contributed by atoms with van der Waals surface area (Å²) in [6, 6.07) is 9.11. The molecule has 1 fully saturated rings. The Morgan fingerprint density at radius 3 is 2.59 bits per heavy atom. The third-order valence-electron chi connectivity index (χ3n) is 6.17. The highest BCUT2D eigenvalue weighted by Gasteiger charge is 2.35. The van der Waals surface area contributed by atoms with Gasteiger partial charge in [-0.2, -0.15) is 18.3 Å². The molecule has 2 aromatic heterocycles. The molecule has 2 aromatic carbocycles. The van der Waals surface area contributed by atoms with Gasteiger partial charge in [-0.1, -0.05) is 18.2 Å². The van der Waals surface area contributed by atoms with Crippen LogP contribution in [0.4, 0.5) is 13.2 Å². The van der Waals surface area contributed by atoms with Crippen molar-refractivity contribution in [2.45, 2.75) is 26.1 Å². The van der Waals surface area contributed by atoms with E-state index in [1.54, 1.807) is 36.1 Å². The fourth-order valence-electron chi connectivity index (χ4n) is 4.41. The number of alkyl halides is 3. The SMILES string of the molecule is CCOc1cc2nc(Cc3nn(CC(=O)N4CCOCC4)c(=O)c4ccccc34)[nH]c2cc1C(F)(F)F. The van der Waals surface area contributed by atoms with E-state index >= 15 is 0 Å². The molecule has 1 aliphatic rings. The van der Waals surface area contributed by atoms with Crippen molar-refractivity contribution >= 4 is 27.7 Å². The second kappa shape index (κ2) is 9.85. The van der Waals surface area contributed by atoms with Gasteiger partial charge in [0.15, 0.2) is 0 Å². The molecule has 3 heterocycles. The second-order valence-electron chi connectivity index (χ2n) is 8.60. The fourth-order valence-corrected chi connectivity index (χ4v) is 4.41. The molecule has 0 saturated carbocycles. The van der Waals surface area contributed by atoms with Gasteiger partial charge in [-0.25, -0.2) is 9.67 Å². The zero-order valence-corrected chi connectivity index (χ0v) is 20.0. The number of imidazole rings is 1. The lowest BCUT2D eigenvalue weighted by molar-refractivity contribution is -0.139. The summed E-state index contributed by atoms with van der Waals surface area (Å²) in [4.78, 5) is 34.9. The van der Waals surface area contributed by atoms with Gasteiger partial charge in [0.1, 0.15) is 18.1 Å². The van der Waals surface area contributed by atoms with Crippen molar-refractivity contribution in [3.05, 3.63) is 63.8 Å². The van der Waals surface area contributed by atoms with Crippen molar-refractivity contribution < 1.29 is 27.4 Å². The minimum absolute atomic E-state index is 0.0759. The van der Waals surface area contributed by atoms with E-state index in [2.05, 4.69) is 15.1 Å². The van der Waals surface area contributed by atoms with E-state index in [9.17, 15) is 22.8 Å². The maximum atomic E-state index is 13.6. The van der Waals surface area contributed by atoms with Gasteiger partial charge in [0.25, 0.3) is 5.56 Å². The third-order valence-corrected chi connectivity index (χ3v) is 6.17. The number of benzene rings is 2. The number of halogens is 3. The van der Waals surface area contributed by atoms with E-state index in [0.717, 1.165) is 10.7 Å². The topological polar surface area (TPSA) is 102 Å². The highest BCUT2D eigenvalue weighted by molar-refractivity contribution is 5.84. The Hall–Kier alpha value is -3.93. The molecule has 4 aromatic rings. The minimum Gasteiger partial charge on any atom is -0.493 e. The monoisotopic (exact) mass is 515 g/mol. The number of nitrogens with zero attached hydrogens (tertiary/aromatic N) is 4. The minimum atomic E-state index is -4.59. The van der Waals surface area contributed by atoms with Crippen molar-refractivity contribution in [2.24, 2.45) is 0 Å². The van der Waals surface area contributed by atoms with Gasteiger partial charge < -0.3 is 19.4 Å². The van der Waals surface area contributed by atoms with Gasteiger partial charge >= 0.3 is 6.18 Å². The van der Waals surface area contributed by atoms with Gasteiger partial charge in [0, 0.05) is 24.5 Å². The molecule has 1 saturated heterocycles. The summed E-state index contributed by atoms with van der Waals surface area (Å²) < 4.78 is 52.3. The van der Waals surface area contributed by atoms with Crippen LogP contribution in [0.2, 0.25) is 0 Å². The van der Waals surface area contributed by atoms with Crippen molar-refractivity contribution in [3.63, 3.8) is 0 Å². The van der Waals surface area contributed by atoms with Crippen LogP contribution in [0.15, 0.2) is 41.2 Å². The van der Waals surface area contributed by atoms with Crippen LogP contribution in [0.5, 0.6) is 5.75 Å². The summed E-state index contributed by atoms with van der Waals surface area (Å²) >= 11 is 0. The lowest BCUT2D eigenvalue weighted by Gasteiger charge is -2.26. The van der Waals surface area contributed by atoms with E-state index in [-0.39, 0.29) is 36.7 Å². The van der Waals surface area contributed by atoms with E-state index in [0.29, 0.717) is 54.1 Å². The smallest absolute Gasteiger partial charge is 0.420 e. The molecule has 1 amide bonds. The number of carbonyl (C=O) groups is 1. The lowest BCUT2D eigenvalue weighted by atomic mass is 10.1. The summed E-state index contributed by atoms with van der Waals surface area (Å²) in [5.74, 6) is -0.176. The maximum absolute atomic E-state index is 13.6. The zero-order valence-electron chi connectivity index (χ0n) is 20.0. The van der Waals surface area contributed by atoms with E-state index < -0.39 is 17.3 Å². The Kier molecular flexibility index (Phi) is 6.59. The first kappa shape index (κ1) is 24.8. The van der Waals surface area contributed by atoms with Crippen molar-refractivity contribution in [1.29, 1.82) is 0 Å². The average molecular weight is 515 g/mol. The first-order valence-corrected chi connectivity index (χ1v) is 11.8. The molecule has 194 valence electrons.